The van der Waals surface area contributed by atoms with Crippen LogP contribution < -0.4 is 11.0 Å². The maximum absolute atomic E-state index is 12.0. The molecule has 3 heterocycles. The summed E-state index contributed by atoms with van der Waals surface area (Å²) in [5.41, 5.74) is 0.599. The normalized spacial score (nSPS) is 12.3. The molecule has 3 rings (SSSR count). The van der Waals surface area contributed by atoms with E-state index in [1.54, 1.807) is 20.3 Å². The maximum Gasteiger partial charge on any atom is 0.328 e. The SMILES string of the molecule is CC(CNC(=O)c1ccoc1Cl)c1noc(-c2cn(C)c(=O)n2C)n1. The number of nitrogens with zero attached hydrogens (tertiary/aromatic N) is 4. The first-order chi connectivity index (χ1) is 11.9. The third kappa shape index (κ3) is 3.22. The molecule has 0 saturated heterocycles. The van der Waals surface area contributed by atoms with E-state index >= 15 is 0 Å². The van der Waals surface area contributed by atoms with Gasteiger partial charge in [-0.05, 0) is 17.7 Å². The van der Waals surface area contributed by atoms with E-state index < -0.39 is 0 Å². The monoisotopic (exact) mass is 365 g/mol. The van der Waals surface area contributed by atoms with Gasteiger partial charge in [0.1, 0.15) is 5.69 Å². The summed E-state index contributed by atoms with van der Waals surface area (Å²) in [5, 5.41) is 6.70. The van der Waals surface area contributed by atoms with Gasteiger partial charge in [0.2, 0.25) is 5.22 Å². The molecule has 9 nitrogen and oxygen atoms in total. The van der Waals surface area contributed by atoms with E-state index in [0.29, 0.717) is 11.5 Å². The van der Waals surface area contributed by atoms with Crippen molar-refractivity contribution in [2.24, 2.45) is 14.1 Å². The Labute approximate surface area is 147 Å². The zero-order chi connectivity index (χ0) is 18.1. The molecule has 0 aliphatic heterocycles. The van der Waals surface area contributed by atoms with Gasteiger partial charge in [-0.3, -0.25) is 9.36 Å². The minimum absolute atomic E-state index is 0.0389. The number of furan rings is 1. The summed E-state index contributed by atoms with van der Waals surface area (Å²) in [7, 11) is 3.27. The van der Waals surface area contributed by atoms with Gasteiger partial charge in [-0.15, -0.1) is 0 Å². The third-order valence-electron chi connectivity index (χ3n) is 3.80. The summed E-state index contributed by atoms with van der Waals surface area (Å²) in [4.78, 5) is 28.1. The van der Waals surface area contributed by atoms with E-state index in [0.717, 1.165) is 0 Å². The minimum Gasteiger partial charge on any atom is -0.452 e. The van der Waals surface area contributed by atoms with Gasteiger partial charge in [0.25, 0.3) is 11.8 Å². The number of hydrogen-bond donors (Lipinski definition) is 1. The molecule has 0 aromatic carbocycles. The molecule has 0 aliphatic carbocycles. The Morgan fingerprint density at radius 2 is 2.20 bits per heavy atom. The van der Waals surface area contributed by atoms with E-state index in [9.17, 15) is 9.59 Å². The Morgan fingerprint density at radius 3 is 2.80 bits per heavy atom. The summed E-state index contributed by atoms with van der Waals surface area (Å²) < 4.78 is 13.0. The molecule has 0 fully saturated rings. The molecular formula is C15H16ClN5O4. The van der Waals surface area contributed by atoms with Crippen molar-refractivity contribution in [2.75, 3.05) is 6.54 Å². The zero-order valence-corrected chi connectivity index (χ0v) is 14.6. The van der Waals surface area contributed by atoms with Gasteiger partial charge in [0.05, 0.1) is 11.8 Å². The fourth-order valence-electron chi connectivity index (χ4n) is 2.29. The van der Waals surface area contributed by atoms with Crippen molar-refractivity contribution in [3.63, 3.8) is 0 Å². The Balaban J connectivity index is 1.69. The number of halogens is 1. The van der Waals surface area contributed by atoms with Crippen LogP contribution in [0.5, 0.6) is 0 Å². The van der Waals surface area contributed by atoms with Gasteiger partial charge in [-0.1, -0.05) is 12.1 Å². The van der Waals surface area contributed by atoms with Gasteiger partial charge in [-0.25, -0.2) is 4.79 Å². The number of aryl methyl sites for hydroxylation is 1. The number of aromatic nitrogens is 4. The van der Waals surface area contributed by atoms with Crippen LogP contribution in [0.25, 0.3) is 11.6 Å². The highest BCUT2D eigenvalue weighted by molar-refractivity contribution is 6.32. The highest BCUT2D eigenvalue weighted by atomic mass is 35.5. The van der Waals surface area contributed by atoms with Crippen LogP contribution in [-0.2, 0) is 14.1 Å². The summed E-state index contributed by atoms with van der Waals surface area (Å²) in [6, 6.07) is 1.49. The molecule has 1 unspecified atom stereocenters. The second-order valence-electron chi connectivity index (χ2n) is 5.64. The molecule has 0 spiro atoms. The van der Waals surface area contributed by atoms with Gasteiger partial charge in [0.15, 0.2) is 5.82 Å². The lowest BCUT2D eigenvalue weighted by Gasteiger charge is -2.08. The van der Waals surface area contributed by atoms with Crippen molar-refractivity contribution < 1.29 is 13.7 Å². The van der Waals surface area contributed by atoms with Crippen molar-refractivity contribution in [1.82, 2.24) is 24.6 Å². The standard InChI is InChI=1S/C15H16ClN5O4/c1-8(6-17-13(22)9-4-5-24-11(9)16)12-18-14(25-19-12)10-7-20(2)15(23)21(10)3/h4-5,7-8H,6H2,1-3H3,(H,17,22). The Bertz CT molecular complexity index is 967. The van der Waals surface area contributed by atoms with E-state index in [1.807, 2.05) is 6.92 Å². The van der Waals surface area contributed by atoms with Crippen molar-refractivity contribution in [1.29, 1.82) is 0 Å². The molecule has 25 heavy (non-hydrogen) atoms. The average molecular weight is 366 g/mol. The lowest BCUT2D eigenvalue weighted by Crippen LogP contribution is -2.27. The van der Waals surface area contributed by atoms with Crippen LogP contribution in [0.1, 0.15) is 29.0 Å². The largest absolute Gasteiger partial charge is 0.452 e. The Kier molecular flexibility index (Phi) is 4.49. The lowest BCUT2D eigenvalue weighted by atomic mass is 10.1. The molecule has 3 aromatic heterocycles. The topological polar surface area (TPSA) is 108 Å². The maximum atomic E-state index is 12.0. The molecular weight excluding hydrogens is 350 g/mol. The molecule has 10 heteroatoms. The van der Waals surface area contributed by atoms with E-state index in [4.69, 9.17) is 20.5 Å². The first-order valence-corrected chi connectivity index (χ1v) is 7.83. The molecule has 0 bridgehead atoms. The summed E-state index contributed by atoms with van der Waals surface area (Å²) in [6.45, 7) is 2.13. The summed E-state index contributed by atoms with van der Waals surface area (Å²) >= 11 is 5.77. The van der Waals surface area contributed by atoms with E-state index in [2.05, 4.69) is 15.5 Å². The fourth-order valence-corrected chi connectivity index (χ4v) is 2.49. The average Bonchev–Trinajstić information content (AvgIpc) is 3.29. The first kappa shape index (κ1) is 17.0. The molecule has 3 aromatic rings. The molecule has 1 N–H and O–H groups in total. The van der Waals surface area contributed by atoms with Crippen LogP contribution in [-0.4, -0.2) is 31.7 Å². The van der Waals surface area contributed by atoms with E-state index in [-0.39, 0.29) is 40.7 Å². The molecule has 0 radical (unpaired) electrons. The second-order valence-corrected chi connectivity index (χ2v) is 5.99. The predicted molar refractivity (Wildman–Crippen MR) is 88.4 cm³/mol. The van der Waals surface area contributed by atoms with Crippen LogP contribution in [0.4, 0.5) is 0 Å². The van der Waals surface area contributed by atoms with E-state index in [1.165, 1.54) is 21.5 Å². The van der Waals surface area contributed by atoms with Gasteiger partial charge in [-0.2, -0.15) is 4.98 Å². The van der Waals surface area contributed by atoms with Gasteiger partial charge < -0.3 is 18.8 Å². The second kappa shape index (κ2) is 6.60. The van der Waals surface area contributed by atoms with Crippen LogP contribution in [0, 0.1) is 0 Å². The quantitative estimate of drug-likeness (QED) is 0.735. The Hall–Kier alpha value is -2.81. The van der Waals surface area contributed by atoms with Crippen molar-refractivity contribution >= 4 is 17.5 Å². The van der Waals surface area contributed by atoms with Crippen molar-refractivity contribution in [2.45, 2.75) is 12.8 Å². The summed E-state index contributed by atoms with van der Waals surface area (Å²) in [5.74, 6) is 0.115. The van der Waals surface area contributed by atoms with Crippen molar-refractivity contribution in [3.8, 4) is 11.6 Å². The van der Waals surface area contributed by atoms with Crippen LogP contribution in [0.2, 0.25) is 5.22 Å². The summed E-state index contributed by atoms with van der Waals surface area (Å²) in [6.07, 6.45) is 2.96. The van der Waals surface area contributed by atoms with Crippen molar-refractivity contribution in [3.05, 3.63) is 45.6 Å². The highest BCUT2D eigenvalue weighted by Crippen LogP contribution is 2.19. The van der Waals surface area contributed by atoms with Crippen LogP contribution in [0.3, 0.4) is 0 Å². The predicted octanol–water partition coefficient (Wildman–Crippen LogP) is 1.55. The first-order valence-electron chi connectivity index (χ1n) is 7.46. The number of imidazole rings is 1. The fraction of sp³-hybridized carbons (Fsp3) is 0.333. The highest BCUT2D eigenvalue weighted by Gasteiger charge is 2.20. The minimum atomic E-state index is -0.347. The third-order valence-corrected chi connectivity index (χ3v) is 4.09. The lowest BCUT2D eigenvalue weighted by molar-refractivity contribution is 0.0951. The van der Waals surface area contributed by atoms with Gasteiger partial charge >= 0.3 is 5.69 Å². The molecule has 132 valence electrons. The van der Waals surface area contributed by atoms with Gasteiger partial charge in [0, 0.05) is 32.8 Å². The van der Waals surface area contributed by atoms with Crippen LogP contribution >= 0.6 is 11.6 Å². The number of carbonyl (C=O) groups excluding carboxylic acids is 1. The number of amides is 1. The smallest absolute Gasteiger partial charge is 0.328 e. The van der Waals surface area contributed by atoms with Crippen LogP contribution in [0.15, 0.2) is 32.3 Å². The zero-order valence-electron chi connectivity index (χ0n) is 13.8. The number of rotatable bonds is 5. The number of hydrogen-bond acceptors (Lipinski definition) is 6. The molecule has 0 saturated carbocycles. The molecule has 1 atom stereocenters. The number of carbonyl (C=O) groups is 1. The molecule has 1 amide bonds. The molecule has 0 aliphatic rings. The Morgan fingerprint density at radius 1 is 1.44 bits per heavy atom. The number of nitrogens with one attached hydrogen (secondary N) is 1.